The number of carbonyl (C=O) groups excluding carboxylic acids is 1. The van der Waals surface area contributed by atoms with E-state index in [1.807, 2.05) is 6.07 Å². The van der Waals surface area contributed by atoms with Crippen LogP contribution in [-0.2, 0) is 0 Å². The van der Waals surface area contributed by atoms with Gasteiger partial charge in [-0.05, 0) is 44.0 Å². The molecule has 7 heteroatoms. The molecule has 0 N–H and O–H groups in total. The maximum atomic E-state index is 12.9. The first-order chi connectivity index (χ1) is 14.7. The number of nitrogens with zero attached hydrogens (tertiary/aromatic N) is 4. The summed E-state index contributed by atoms with van der Waals surface area (Å²) in [5, 5.41) is 0. The average Bonchev–Trinajstić information content (AvgIpc) is 2.95. The summed E-state index contributed by atoms with van der Waals surface area (Å²) in [5.74, 6) is 1.96. The number of amides is 1. The van der Waals surface area contributed by atoms with E-state index in [-0.39, 0.29) is 5.91 Å². The van der Waals surface area contributed by atoms with Crippen molar-refractivity contribution in [2.24, 2.45) is 0 Å². The fraction of sp³-hybridized carbons (Fsp3) is 0.348. The Labute approximate surface area is 176 Å². The monoisotopic (exact) mass is 406 g/mol. The second-order valence-corrected chi connectivity index (χ2v) is 7.34. The number of methoxy groups -OCH3 is 1. The SMILES string of the molecule is COc1ccc2c(c1)OC=CN(CCCCN1CCC=C(c3ncccn3)C1)C2=O. The maximum absolute atomic E-state index is 12.9. The van der Waals surface area contributed by atoms with E-state index in [1.165, 1.54) is 5.57 Å². The molecule has 156 valence electrons. The number of unbranched alkanes of at least 4 members (excludes halogenated alkanes) is 1. The first-order valence-electron chi connectivity index (χ1n) is 10.3. The van der Waals surface area contributed by atoms with E-state index in [9.17, 15) is 4.79 Å². The number of aromatic nitrogens is 2. The first kappa shape index (κ1) is 20.1. The molecule has 2 aliphatic heterocycles. The Morgan fingerprint density at radius 3 is 2.83 bits per heavy atom. The third-order valence-corrected chi connectivity index (χ3v) is 5.32. The van der Waals surface area contributed by atoms with E-state index in [0.29, 0.717) is 23.6 Å². The molecule has 0 saturated carbocycles. The van der Waals surface area contributed by atoms with Crippen molar-refractivity contribution in [3.63, 3.8) is 0 Å². The van der Waals surface area contributed by atoms with Crippen molar-refractivity contribution in [2.45, 2.75) is 19.3 Å². The summed E-state index contributed by atoms with van der Waals surface area (Å²) >= 11 is 0. The highest BCUT2D eigenvalue weighted by molar-refractivity contribution is 5.98. The highest BCUT2D eigenvalue weighted by Crippen LogP contribution is 2.28. The van der Waals surface area contributed by atoms with Crippen LogP contribution in [0.15, 0.2) is 55.2 Å². The summed E-state index contributed by atoms with van der Waals surface area (Å²) in [6, 6.07) is 7.10. The van der Waals surface area contributed by atoms with Crippen molar-refractivity contribution in [1.29, 1.82) is 0 Å². The molecule has 0 aliphatic carbocycles. The highest BCUT2D eigenvalue weighted by Gasteiger charge is 2.21. The second-order valence-electron chi connectivity index (χ2n) is 7.34. The minimum absolute atomic E-state index is 0.0502. The minimum atomic E-state index is -0.0502. The van der Waals surface area contributed by atoms with E-state index in [2.05, 4.69) is 20.9 Å². The zero-order chi connectivity index (χ0) is 20.8. The molecule has 0 atom stereocenters. The lowest BCUT2D eigenvalue weighted by Gasteiger charge is -2.27. The lowest BCUT2D eigenvalue weighted by atomic mass is 10.1. The van der Waals surface area contributed by atoms with E-state index < -0.39 is 0 Å². The van der Waals surface area contributed by atoms with Crippen LogP contribution >= 0.6 is 0 Å². The van der Waals surface area contributed by atoms with Crippen LogP contribution in [0.25, 0.3) is 5.57 Å². The second kappa shape index (κ2) is 9.54. The molecule has 4 rings (SSSR count). The molecule has 2 aromatic rings. The first-order valence-corrected chi connectivity index (χ1v) is 10.3. The number of carbonyl (C=O) groups is 1. The molecular weight excluding hydrogens is 380 g/mol. The summed E-state index contributed by atoms with van der Waals surface area (Å²) in [6.45, 7) is 3.56. The molecule has 1 aromatic carbocycles. The molecule has 1 amide bonds. The predicted molar refractivity (Wildman–Crippen MR) is 114 cm³/mol. The third kappa shape index (κ3) is 4.68. The third-order valence-electron chi connectivity index (χ3n) is 5.32. The van der Waals surface area contributed by atoms with Crippen molar-refractivity contribution in [3.05, 3.63) is 66.6 Å². The maximum Gasteiger partial charge on any atom is 0.261 e. The van der Waals surface area contributed by atoms with Crippen LogP contribution in [-0.4, -0.2) is 59.0 Å². The lowest BCUT2D eigenvalue weighted by molar-refractivity contribution is 0.0821. The Kier molecular flexibility index (Phi) is 6.39. The van der Waals surface area contributed by atoms with Gasteiger partial charge in [-0.1, -0.05) is 6.08 Å². The number of hydrogen-bond acceptors (Lipinski definition) is 6. The van der Waals surface area contributed by atoms with E-state index >= 15 is 0 Å². The van der Waals surface area contributed by atoms with Crippen molar-refractivity contribution in [2.75, 3.05) is 33.3 Å². The standard InChI is InChI=1S/C23H26N4O3/c1-29-19-7-8-20-21(16-19)30-15-14-27(23(20)28)13-3-2-11-26-12-4-6-18(17-26)22-24-9-5-10-25-22/h5-10,14-16H,2-4,11-13,17H2,1H3. The molecule has 7 nitrogen and oxygen atoms in total. The Morgan fingerprint density at radius 1 is 1.17 bits per heavy atom. The fourth-order valence-corrected chi connectivity index (χ4v) is 3.72. The van der Waals surface area contributed by atoms with Crippen molar-refractivity contribution < 1.29 is 14.3 Å². The quantitative estimate of drug-likeness (QED) is 0.657. The van der Waals surface area contributed by atoms with Gasteiger partial charge in [0.05, 0.1) is 12.7 Å². The number of hydrogen-bond donors (Lipinski definition) is 0. The predicted octanol–water partition coefficient (Wildman–Crippen LogP) is 3.36. The van der Waals surface area contributed by atoms with Crippen LogP contribution in [0.1, 0.15) is 35.4 Å². The topological polar surface area (TPSA) is 67.8 Å². The number of ether oxygens (including phenoxy) is 2. The lowest BCUT2D eigenvalue weighted by Crippen LogP contribution is -2.32. The van der Waals surface area contributed by atoms with Crippen LogP contribution in [0, 0.1) is 0 Å². The van der Waals surface area contributed by atoms with Gasteiger partial charge in [-0.2, -0.15) is 0 Å². The summed E-state index contributed by atoms with van der Waals surface area (Å²) in [7, 11) is 1.59. The van der Waals surface area contributed by atoms with Gasteiger partial charge >= 0.3 is 0 Å². The van der Waals surface area contributed by atoms with E-state index in [1.54, 1.807) is 55.1 Å². The Bertz CT molecular complexity index is 943. The molecule has 0 fully saturated rings. The molecule has 0 bridgehead atoms. The molecule has 0 radical (unpaired) electrons. The smallest absolute Gasteiger partial charge is 0.261 e. The summed E-state index contributed by atoms with van der Waals surface area (Å²) in [6.07, 6.45) is 12.0. The van der Waals surface area contributed by atoms with Crippen molar-refractivity contribution in [3.8, 4) is 11.5 Å². The highest BCUT2D eigenvalue weighted by atomic mass is 16.5. The molecule has 0 unspecified atom stereocenters. The zero-order valence-corrected chi connectivity index (χ0v) is 17.2. The largest absolute Gasteiger partial charge is 0.497 e. The van der Waals surface area contributed by atoms with Crippen LogP contribution in [0.4, 0.5) is 0 Å². The summed E-state index contributed by atoms with van der Waals surface area (Å²) < 4.78 is 10.8. The Morgan fingerprint density at radius 2 is 2.00 bits per heavy atom. The molecule has 3 heterocycles. The van der Waals surface area contributed by atoms with Crippen molar-refractivity contribution >= 4 is 11.5 Å². The summed E-state index contributed by atoms with van der Waals surface area (Å²) in [5.41, 5.74) is 1.74. The van der Waals surface area contributed by atoms with Crippen LogP contribution in [0.2, 0.25) is 0 Å². The van der Waals surface area contributed by atoms with Crippen LogP contribution in [0.3, 0.4) is 0 Å². The molecule has 2 aliphatic rings. The van der Waals surface area contributed by atoms with Gasteiger partial charge in [-0.15, -0.1) is 0 Å². The number of fused-ring (bicyclic) bond motifs is 1. The van der Waals surface area contributed by atoms with Gasteiger partial charge in [0.1, 0.15) is 17.8 Å². The fourth-order valence-electron chi connectivity index (χ4n) is 3.72. The van der Waals surface area contributed by atoms with Crippen LogP contribution < -0.4 is 9.47 Å². The molecular formula is C23H26N4O3. The Balaban J connectivity index is 1.27. The van der Waals surface area contributed by atoms with E-state index in [0.717, 1.165) is 44.7 Å². The minimum Gasteiger partial charge on any atom is -0.497 e. The van der Waals surface area contributed by atoms with Gasteiger partial charge in [0, 0.05) is 49.9 Å². The number of benzene rings is 1. The molecule has 0 spiro atoms. The van der Waals surface area contributed by atoms with Gasteiger partial charge in [0.15, 0.2) is 5.82 Å². The summed E-state index contributed by atoms with van der Waals surface area (Å²) in [4.78, 5) is 25.7. The average molecular weight is 406 g/mol. The van der Waals surface area contributed by atoms with E-state index in [4.69, 9.17) is 9.47 Å². The van der Waals surface area contributed by atoms with Gasteiger partial charge < -0.3 is 14.4 Å². The van der Waals surface area contributed by atoms with Gasteiger partial charge in [-0.3, -0.25) is 9.69 Å². The molecule has 0 saturated heterocycles. The van der Waals surface area contributed by atoms with Crippen molar-refractivity contribution in [1.82, 2.24) is 19.8 Å². The van der Waals surface area contributed by atoms with Gasteiger partial charge in [0.2, 0.25) is 0 Å². The molecule has 1 aromatic heterocycles. The molecule has 30 heavy (non-hydrogen) atoms. The van der Waals surface area contributed by atoms with Gasteiger partial charge in [0.25, 0.3) is 5.91 Å². The number of rotatable bonds is 7. The zero-order valence-electron chi connectivity index (χ0n) is 17.2. The van der Waals surface area contributed by atoms with Crippen LogP contribution in [0.5, 0.6) is 11.5 Å². The van der Waals surface area contributed by atoms with Gasteiger partial charge in [-0.25, -0.2) is 9.97 Å². The normalized spacial score (nSPS) is 16.5. The Hall–Kier alpha value is -3.19.